The molecule has 1 amide bonds. The maximum absolute atomic E-state index is 12.4. The second-order valence-corrected chi connectivity index (χ2v) is 7.19. The first-order chi connectivity index (χ1) is 10.2. The molecule has 3 unspecified atom stereocenters. The lowest BCUT2D eigenvalue weighted by molar-refractivity contribution is 0.0844. The molecule has 0 aromatic carbocycles. The van der Waals surface area contributed by atoms with E-state index in [9.17, 15) is 4.79 Å². The Labute approximate surface area is 127 Å². The van der Waals surface area contributed by atoms with Crippen LogP contribution in [0.4, 0.5) is 10.9 Å². The number of nitrogens with zero attached hydrogens (tertiary/aromatic N) is 1. The summed E-state index contributed by atoms with van der Waals surface area (Å²) in [5.41, 5.74) is 5.89. The maximum Gasteiger partial charge on any atom is 0.265 e. The highest BCUT2D eigenvalue weighted by molar-refractivity contribution is 7.18. The van der Waals surface area contributed by atoms with Gasteiger partial charge in [-0.15, -0.1) is 0 Å². The number of nitrogen functional groups attached to an aromatic ring is 1. The van der Waals surface area contributed by atoms with E-state index >= 15 is 0 Å². The number of fused-ring (bicyclic) bond motifs is 2. The first-order valence-electron chi connectivity index (χ1n) is 7.68. The van der Waals surface area contributed by atoms with Crippen LogP contribution in [-0.4, -0.2) is 35.2 Å². The number of aromatic nitrogens is 1. The van der Waals surface area contributed by atoms with Crippen molar-refractivity contribution in [3.05, 3.63) is 4.88 Å². The van der Waals surface area contributed by atoms with Crippen LogP contribution in [-0.2, 0) is 4.74 Å². The first kappa shape index (κ1) is 13.3. The molecular weight excluding hydrogens is 288 g/mol. The SMILES string of the molecule is Nc1nc(NC2CCC2)sc1C(=O)NC1CC2CCC1O2. The van der Waals surface area contributed by atoms with Gasteiger partial charge < -0.3 is 21.1 Å². The molecule has 21 heavy (non-hydrogen) atoms. The molecule has 3 aliphatic rings. The minimum absolute atomic E-state index is 0.118. The summed E-state index contributed by atoms with van der Waals surface area (Å²) in [6.45, 7) is 0. The number of nitrogens with one attached hydrogen (secondary N) is 2. The second-order valence-electron chi connectivity index (χ2n) is 6.20. The van der Waals surface area contributed by atoms with Gasteiger partial charge in [-0.2, -0.15) is 0 Å². The van der Waals surface area contributed by atoms with Crippen molar-refractivity contribution >= 4 is 28.2 Å². The summed E-state index contributed by atoms with van der Waals surface area (Å²) in [6.07, 6.45) is 7.19. The molecule has 1 aliphatic carbocycles. The minimum atomic E-state index is -0.118. The molecule has 3 heterocycles. The summed E-state index contributed by atoms with van der Waals surface area (Å²) in [5.74, 6) is 0.205. The van der Waals surface area contributed by atoms with Crippen LogP contribution in [0, 0.1) is 0 Å². The zero-order valence-electron chi connectivity index (χ0n) is 11.8. The molecule has 114 valence electrons. The van der Waals surface area contributed by atoms with Crippen LogP contribution < -0.4 is 16.4 Å². The molecule has 0 spiro atoms. The second kappa shape index (κ2) is 5.14. The number of thiazole rings is 1. The number of carbonyl (C=O) groups excluding carboxylic acids is 1. The molecule has 1 aromatic heterocycles. The molecule has 3 fully saturated rings. The Morgan fingerprint density at radius 1 is 1.33 bits per heavy atom. The molecule has 1 saturated carbocycles. The highest BCUT2D eigenvalue weighted by Crippen LogP contribution is 2.35. The molecular formula is C14H20N4O2S. The van der Waals surface area contributed by atoms with E-state index in [1.54, 1.807) is 0 Å². The third-order valence-electron chi connectivity index (χ3n) is 4.71. The van der Waals surface area contributed by atoms with E-state index in [1.807, 2.05) is 0 Å². The van der Waals surface area contributed by atoms with E-state index in [4.69, 9.17) is 10.5 Å². The van der Waals surface area contributed by atoms with E-state index in [0.717, 1.165) is 24.4 Å². The van der Waals surface area contributed by atoms with Gasteiger partial charge in [0.1, 0.15) is 10.7 Å². The average Bonchev–Trinajstić information content (AvgIpc) is 3.09. The molecule has 1 aromatic rings. The van der Waals surface area contributed by atoms with E-state index in [-0.39, 0.29) is 18.1 Å². The first-order valence-corrected chi connectivity index (χ1v) is 8.50. The van der Waals surface area contributed by atoms with Gasteiger partial charge in [0.2, 0.25) is 0 Å². The van der Waals surface area contributed by atoms with E-state index < -0.39 is 0 Å². The van der Waals surface area contributed by atoms with Crippen LogP contribution >= 0.6 is 11.3 Å². The van der Waals surface area contributed by atoms with E-state index in [1.165, 1.54) is 30.6 Å². The molecule has 0 radical (unpaired) electrons. The zero-order valence-corrected chi connectivity index (χ0v) is 12.6. The molecule has 7 heteroatoms. The highest BCUT2D eigenvalue weighted by Gasteiger charge is 2.41. The number of ether oxygens (including phenoxy) is 1. The molecule has 4 N–H and O–H groups in total. The van der Waals surface area contributed by atoms with Crippen molar-refractivity contribution in [1.29, 1.82) is 0 Å². The Morgan fingerprint density at radius 2 is 2.19 bits per heavy atom. The summed E-state index contributed by atoms with van der Waals surface area (Å²) in [4.78, 5) is 17.2. The lowest BCUT2D eigenvalue weighted by Gasteiger charge is -2.25. The summed E-state index contributed by atoms with van der Waals surface area (Å²) in [6, 6.07) is 0.617. The number of carbonyl (C=O) groups is 1. The topological polar surface area (TPSA) is 89.3 Å². The lowest BCUT2D eigenvalue weighted by Crippen LogP contribution is -2.41. The largest absolute Gasteiger partial charge is 0.382 e. The summed E-state index contributed by atoms with van der Waals surface area (Å²) < 4.78 is 5.76. The average molecular weight is 308 g/mol. The number of rotatable bonds is 4. The maximum atomic E-state index is 12.4. The van der Waals surface area contributed by atoms with Gasteiger partial charge in [-0.3, -0.25) is 4.79 Å². The van der Waals surface area contributed by atoms with Gasteiger partial charge in [0.05, 0.1) is 18.2 Å². The van der Waals surface area contributed by atoms with Crippen molar-refractivity contribution in [2.24, 2.45) is 0 Å². The Hall–Kier alpha value is -1.34. The Bertz CT molecular complexity index is 557. The third-order valence-corrected chi connectivity index (χ3v) is 5.72. The van der Waals surface area contributed by atoms with Crippen LogP contribution in [0.15, 0.2) is 0 Å². The van der Waals surface area contributed by atoms with Crippen molar-refractivity contribution in [2.45, 2.75) is 62.8 Å². The Morgan fingerprint density at radius 3 is 2.81 bits per heavy atom. The Balaban J connectivity index is 1.41. The smallest absolute Gasteiger partial charge is 0.265 e. The predicted octanol–water partition coefficient (Wildman–Crippen LogP) is 1.74. The van der Waals surface area contributed by atoms with Gasteiger partial charge >= 0.3 is 0 Å². The monoisotopic (exact) mass is 308 g/mol. The van der Waals surface area contributed by atoms with Crippen molar-refractivity contribution in [1.82, 2.24) is 10.3 Å². The van der Waals surface area contributed by atoms with Gasteiger partial charge in [-0.1, -0.05) is 11.3 Å². The highest BCUT2D eigenvalue weighted by atomic mass is 32.1. The summed E-state index contributed by atoms with van der Waals surface area (Å²) in [7, 11) is 0. The van der Waals surface area contributed by atoms with Crippen molar-refractivity contribution in [3.63, 3.8) is 0 Å². The Kier molecular flexibility index (Phi) is 3.26. The van der Waals surface area contributed by atoms with Gasteiger partial charge in [0, 0.05) is 6.04 Å². The van der Waals surface area contributed by atoms with Gasteiger partial charge in [-0.25, -0.2) is 4.98 Å². The molecule has 3 atom stereocenters. The van der Waals surface area contributed by atoms with Crippen LogP contribution in [0.2, 0.25) is 0 Å². The van der Waals surface area contributed by atoms with E-state index in [2.05, 4.69) is 15.6 Å². The van der Waals surface area contributed by atoms with Crippen molar-refractivity contribution in [3.8, 4) is 0 Å². The minimum Gasteiger partial charge on any atom is -0.382 e. The van der Waals surface area contributed by atoms with Crippen LogP contribution in [0.3, 0.4) is 0 Å². The number of amides is 1. The van der Waals surface area contributed by atoms with Gasteiger partial charge in [0.15, 0.2) is 5.13 Å². The number of hydrogen-bond acceptors (Lipinski definition) is 6. The summed E-state index contributed by atoms with van der Waals surface area (Å²) >= 11 is 1.35. The molecule has 2 saturated heterocycles. The summed E-state index contributed by atoms with van der Waals surface area (Å²) in [5, 5.41) is 7.15. The quantitative estimate of drug-likeness (QED) is 0.788. The van der Waals surface area contributed by atoms with Crippen LogP contribution in [0.5, 0.6) is 0 Å². The third kappa shape index (κ3) is 2.48. The van der Waals surface area contributed by atoms with Crippen molar-refractivity contribution in [2.75, 3.05) is 11.1 Å². The number of nitrogens with two attached hydrogens (primary N) is 1. The van der Waals surface area contributed by atoms with Crippen molar-refractivity contribution < 1.29 is 9.53 Å². The predicted molar refractivity (Wildman–Crippen MR) is 81.6 cm³/mol. The fraction of sp³-hybridized carbons (Fsp3) is 0.714. The normalized spacial score (nSPS) is 31.1. The fourth-order valence-electron chi connectivity index (χ4n) is 3.31. The molecule has 6 nitrogen and oxygen atoms in total. The molecule has 4 rings (SSSR count). The number of anilines is 2. The molecule has 2 bridgehead atoms. The van der Waals surface area contributed by atoms with Gasteiger partial charge in [0.25, 0.3) is 5.91 Å². The van der Waals surface area contributed by atoms with Crippen LogP contribution in [0.25, 0.3) is 0 Å². The fourth-order valence-corrected chi connectivity index (χ4v) is 4.17. The number of hydrogen-bond donors (Lipinski definition) is 3. The van der Waals surface area contributed by atoms with Crippen LogP contribution in [0.1, 0.15) is 48.2 Å². The van der Waals surface area contributed by atoms with Gasteiger partial charge in [-0.05, 0) is 38.5 Å². The standard InChI is InChI=1S/C14H20N4O2S/c15-12-11(21-14(18-12)16-7-2-1-3-7)13(19)17-9-6-8-4-5-10(9)20-8/h7-10H,1-6,15H2,(H,16,18)(H,17,19). The van der Waals surface area contributed by atoms with E-state index in [0.29, 0.717) is 22.8 Å². The zero-order chi connectivity index (χ0) is 14.4. The molecule has 2 aliphatic heterocycles. The lowest BCUT2D eigenvalue weighted by atomic mass is 9.93.